The van der Waals surface area contributed by atoms with E-state index in [4.69, 9.17) is 0 Å². The summed E-state index contributed by atoms with van der Waals surface area (Å²) in [6, 6.07) is 0. The molecular weight excluding hydrogens is 232 g/mol. The average Bonchev–Trinajstić information content (AvgIpc) is 2.21. The maximum absolute atomic E-state index is 11.5. The van der Waals surface area contributed by atoms with Gasteiger partial charge in [0.1, 0.15) is 0 Å². The Hall–Kier alpha value is -1.06. The molecule has 18 heavy (non-hydrogen) atoms. The van der Waals surface area contributed by atoms with Gasteiger partial charge in [0.25, 0.3) is 0 Å². The number of rotatable bonds is 7. The minimum Gasteiger partial charge on any atom is -0.481 e. The van der Waals surface area contributed by atoms with Crippen LogP contribution in [0.1, 0.15) is 60.3 Å². The molecule has 106 valence electrons. The second-order valence-corrected chi connectivity index (χ2v) is 6.27. The second-order valence-electron chi connectivity index (χ2n) is 6.27. The summed E-state index contributed by atoms with van der Waals surface area (Å²) in [6.07, 6.45) is 2.46. The highest BCUT2D eigenvalue weighted by molar-refractivity contribution is 5.77. The SMILES string of the molecule is CCCCC(CC(C)(C(=O)O)C(C)(C)C)C(=O)O. The molecule has 0 aliphatic rings. The number of carboxylic acid groups (broad SMARTS) is 2. The van der Waals surface area contributed by atoms with Gasteiger partial charge in [0, 0.05) is 0 Å². The predicted octanol–water partition coefficient (Wildman–Crippen LogP) is 3.40. The molecule has 0 aromatic carbocycles. The maximum atomic E-state index is 11.5. The van der Waals surface area contributed by atoms with Gasteiger partial charge in [-0.15, -0.1) is 0 Å². The monoisotopic (exact) mass is 258 g/mol. The molecule has 0 rings (SSSR count). The van der Waals surface area contributed by atoms with E-state index in [1.54, 1.807) is 6.92 Å². The summed E-state index contributed by atoms with van der Waals surface area (Å²) in [7, 11) is 0. The van der Waals surface area contributed by atoms with E-state index in [2.05, 4.69) is 0 Å². The summed E-state index contributed by atoms with van der Waals surface area (Å²) in [5.74, 6) is -2.39. The van der Waals surface area contributed by atoms with Crippen molar-refractivity contribution in [1.29, 1.82) is 0 Å². The zero-order valence-electron chi connectivity index (χ0n) is 12.1. The normalized spacial score (nSPS) is 16.9. The van der Waals surface area contributed by atoms with Crippen molar-refractivity contribution >= 4 is 11.9 Å². The van der Waals surface area contributed by atoms with Crippen molar-refractivity contribution in [3.63, 3.8) is 0 Å². The van der Waals surface area contributed by atoms with Crippen molar-refractivity contribution in [2.45, 2.75) is 60.3 Å². The van der Waals surface area contributed by atoms with Crippen LogP contribution < -0.4 is 0 Å². The summed E-state index contributed by atoms with van der Waals surface area (Å²) in [6.45, 7) is 9.19. The molecule has 0 bridgehead atoms. The fourth-order valence-corrected chi connectivity index (χ4v) is 1.97. The Morgan fingerprint density at radius 3 is 1.89 bits per heavy atom. The van der Waals surface area contributed by atoms with Crippen molar-refractivity contribution in [2.24, 2.45) is 16.7 Å². The lowest BCUT2D eigenvalue weighted by Gasteiger charge is -2.39. The van der Waals surface area contributed by atoms with E-state index in [-0.39, 0.29) is 6.42 Å². The molecule has 2 atom stereocenters. The number of carboxylic acids is 2. The lowest BCUT2D eigenvalue weighted by Crippen LogP contribution is -2.43. The lowest BCUT2D eigenvalue weighted by atomic mass is 9.63. The molecule has 0 heterocycles. The van der Waals surface area contributed by atoms with E-state index in [9.17, 15) is 19.8 Å². The zero-order valence-corrected chi connectivity index (χ0v) is 12.1. The first-order valence-corrected chi connectivity index (χ1v) is 6.52. The molecule has 0 saturated carbocycles. The Kier molecular flexibility index (Phi) is 5.84. The number of hydrogen-bond donors (Lipinski definition) is 2. The van der Waals surface area contributed by atoms with Crippen molar-refractivity contribution < 1.29 is 19.8 Å². The van der Waals surface area contributed by atoms with Gasteiger partial charge in [-0.25, -0.2) is 0 Å². The topological polar surface area (TPSA) is 74.6 Å². The van der Waals surface area contributed by atoms with Crippen molar-refractivity contribution in [2.75, 3.05) is 0 Å². The Balaban J connectivity index is 5.06. The number of unbranched alkanes of at least 4 members (excludes halogenated alkanes) is 1. The first kappa shape index (κ1) is 16.9. The molecule has 2 N–H and O–H groups in total. The first-order chi connectivity index (χ1) is 8.06. The van der Waals surface area contributed by atoms with Crippen LogP contribution in [0.15, 0.2) is 0 Å². The standard InChI is InChI=1S/C14H26O4/c1-6-7-8-10(11(15)16)9-14(5,12(17)18)13(2,3)4/h10H,6-9H2,1-5H3,(H,15,16)(H,17,18). The molecule has 0 aliphatic heterocycles. The van der Waals surface area contributed by atoms with Gasteiger partial charge in [0.05, 0.1) is 11.3 Å². The number of carbonyl (C=O) groups is 2. The Morgan fingerprint density at radius 2 is 1.61 bits per heavy atom. The quantitative estimate of drug-likeness (QED) is 0.734. The highest BCUT2D eigenvalue weighted by Gasteiger charge is 2.46. The molecule has 0 aromatic rings. The molecule has 0 radical (unpaired) electrons. The smallest absolute Gasteiger partial charge is 0.309 e. The van der Waals surface area contributed by atoms with E-state index in [0.717, 1.165) is 12.8 Å². The molecule has 2 unspecified atom stereocenters. The van der Waals surface area contributed by atoms with Gasteiger partial charge in [-0.1, -0.05) is 40.5 Å². The van der Waals surface area contributed by atoms with E-state index >= 15 is 0 Å². The van der Waals surface area contributed by atoms with Crippen LogP contribution >= 0.6 is 0 Å². The summed E-state index contributed by atoms with van der Waals surface area (Å²) >= 11 is 0. The van der Waals surface area contributed by atoms with Crippen molar-refractivity contribution in [3.8, 4) is 0 Å². The average molecular weight is 258 g/mol. The number of aliphatic carboxylic acids is 2. The Labute approximate surface area is 109 Å². The van der Waals surface area contributed by atoms with Gasteiger partial charge in [0.2, 0.25) is 0 Å². The van der Waals surface area contributed by atoms with Crippen LogP contribution in [-0.2, 0) is 9.59 Å². The fourth-order valence-electron chi connectivity index (χ4n) is 1.97. The van der Waals surface area contributed by atoms with Gasteiger partial charge in [0.15, 0.2) is 0 Å². The third-order valence-electron chi connectivity index (χ3n) is 4.04. The molecule has 0 amide bonds. The first-order valence-electron chi connectivity index (χ1n) is 6.52. The molecule has 0 spiro atoms. The molecule has 0 aromatic heterocycles. The molecule has 4 nitrogen and oxygen atoms in total. The van der Waals surface area contributed by atoms with E-state index in [1.165, 1.54) is 0 Å². The zero-order chi connectivity index (χ0) is 14.6. The van der Waals surface area contributed by atoms with Crippen molar-refractivity contribution in [3.05, 3.63) is 0 Å². The van der Waals surface area contributed by atoms with Crippen LogP contribution in [0.5, 0.6) is 0 Å². The van der Waals surface area contributed by atoms with Crippen LogP contribution in [0.4, 0.5) is 0 Å². The van der Waals surface area contributed by atoms with Gasteiger partial charge < -0.3 is 10.2 Å². The van der Waals surface area contributed by atoms with Crippen LogP contribution in [-0.4, -0.2) is 22.2 Å². The van der Waals surface area contributed by atoms with Gasteiger partial charge >= 0.3 is 11.9 Å². The molecule has 0 saturated heterocycles. The largest absolute Gasteiger partial charge is 0.481 e. The van der Waals surface area contributed by atoms with Crippen LogP contribution in [0.2, 0.25) is 0 Å². The summed E-state index contributed by atoms with van der Waals surface area (Å²) in [5.41, 5.74) is -1.50. The van der Waals surface area contributed by atoms with Gasteiger partial charge in [-0.05, 0) is 25.2 Å². The minimum absolute atomic E-state index is 0.182. The lowest BCUT2D eigenvalue weighted by molar-refractivity contribution is -0.158. The predicted molar refractivity (Wildman–Crippen MR) is 70.5 cm³/mol. The van der Waals surface area contributed by atoms with Gasteiger partial charge in [-0.3, -0.25) is 9.59 Å². The van der Waals surface area contributed by atoms with Crippen LogP contribution in [0, 0.1) is 16.7 Å². The minimum atomic E-state index is -1.02. The third-order valence-corrected chi connectivity index (χ3v) is 4.04. The number of hydrogen-bond acceptors (Lipinski definition) is 2. The van der Waals surface area contributed by atoms with E-state index < -0.39 is 28.7 Å². The Bertz CT molecular complexity index is 303. The molecule has 0 aliphatic carbocycles. The van der Waals surface area contributed by atoms with Crippen molar-refractivity contribution in [1.82, 2.24) is 0 Å². The summed E-state index contributed by atoms with van der Waals surface area (Å²) in [5, 5.41) is 18.6. The summed E-state index contributed by atoms with van der Waals surface area (Å²) in [4.78, 5) is 22.7. The van der Waals surface area contributed by atoms with Crippen LogP contribution in [0.25, 0.3) is 0 Å². The molecule has 4 heteroatoms. The third kappa shape index (κ3) is 4.00. The second kappa shape index (κ2) is 6.21. The molecule has 0 fully saturated rings. The highest BCUT2D eigenvalue weighted by Crippen LogP contribution is 2.44. The maximum Gasteiger partial charge on any atom is 0.309 e. The molecular formula is C14H26O4. The summed E-state index contributed by atoms with van der Waals surface area (Å²) < 4.78 is 0. The highest BCUT2D eigenvalue weighted by atomic mass is 16.4. The van der Waals surface area contributed by atoms with Crippen LogP contribution in [0.3, 0.4) is 0 Å². The fraction of sp³-hybridized carbons (Fsp3) is 0.857. The Morgan fingerprint density at radius 1 is 1.11 bits per heavy atom. The van der Waals surface area contributed by atoms with Gasteiger partial charge in [-0.2, -0.15) is 0 Å². The van der Waals surface area contributed by atoms with E-state index in [1.807, 2.05) is 27.7 Å². The van der Waals surface area contributed by atoms with E-state index in [0.29, 0.717) is 6.42 Å².